The number of thiophene rings is 1. The Bertz CT molecular complexity index is 293. The van der Waals surface area contributed by atoms with Crippen molar-refractivity contribution in [1.82, 2.24) is 5.32 Å². The van der Waals surface area contributed by atoms with Gasteiger partial charge in [0, 0.05) is 10.6 Å². The van der Waals surface area contributed by atoms with Crippen molar-refractivity contribution in [2.75, 3.05) is 12.3 Å². The molecule has 2 heterocycles. The summed E-state index contributed by atoms with van der Waals surface area (Å²) in [4.78, 5) is 5.73. The molecule has 0 spiro atoms. The first kappa shape index (κ1) is 9.09. The summed E-state index contributed by atoms with van der Waals surface area (Å²) in [5, 5.41) is 6.61. The third-order valence-electron chi connectivity index (χ3n) is 1.90. The van der Waals surface area contributed by atoms with Crippen LogP contribution in [0.25, 0.3) is 0 Å². The fourth-order valence-corrected chi connectivity index (χ4v) is 2.77. The Morgan fingerprint density at radius 1 is 1.62 bits per heavy atom. The zero-order valence-electron chi connectivity index (χ0n) is 7.49. The lowest BCUT2D eigenvalue weighted by Crippen LogP contribution is -2.22. The maximum Gasteiger partial charge on any atom is 0.157 e. The molecule has 13 heavy (non-hydrogen) atoms. The number of hydrogen-bond donors (Lipinski definition) is 1. The monoisotopic (exact) mass is 212 g/mol. The third-order valence-corrected chi connectivity index (χ3v) is 3.86. The largest absolute Gasteiger partial charge is 0.358 e. The molecule has 4 heteroatoms. The molecule has 0 saturated heterocycles. The number of hydrogen-bond acceptors (Lipinski definition) is 4. The lowest BCUT2D eigenvalue weighted by atomic mass is 10.3. The molecule has 0 amide bonds. The number of nitrogens with one attached hydrogen (secondary N) is 1. The first-order valence-corrected chi connectivity index (χ1v) is 6.20. The van der Waals surface area contributed by atoms with Crippen LogP contribution in [0.5, 0.6) is 0 Å². The van der Waals surface area contributed by atoms with Gasteiger partial charge in [-0.1, -0.05) is 17.8 Å². The molecule has 1 aromatic heterocycles. The molecule has 0 radical (unpaired) electrons. The standard InChI is InChI=1S/C9H12N2S2/c1-7(8-3-2-5-12-8)11-9-10-4-6-13-9/h2-3,5,7H,4,6H2,1H3,(H,10,11). The van der Waals surface area contributed by atoms with Gasteiger partial charge in [-0.05, 0) is 18.4 Å². The Kier molecular flexibility index (Phi) is 2.90. The molecule has 1 aliphatic heterocycles. The van der Waals surface area contributed by atoms with E-state index in [9.17, 15) is 0 Å². The summed E-state index contributed by atoms with van der Waals surface area (Å²) in [7, 11) is 0. The summed E-state index contributed by atoms with van der Waals surface area (Å²) in [6.07, 6.45) is 0. The van der Waals surface area contributed by atoms with Crippen LogP contribution in [0.4, 0.5) is 0 Å². The van der Waals surface area contributed by atoms with E-state index in [1.165, 1.54) is 4.88 Å². The highest BCUT2D eigenvalue weighted by molar-refractivity contribution is 8.14. The lowest BCUT2D eigenvalue weighted by molar-refractivity contribution is 0.738. The minimum atomic E-state index is 0.393. The van der Waals surface area contributed by atoms with Crippen LogP contribution in [0, 0.1) is 0 Å². The molecular formula is C9H12N2S2. The van der Waals surface area contributed by atoms with Crippen LogP contribution in [0.15, 0.2) is 22.5 Å². The summed E-state index contributed by atoms with van der Waals surface area (Å²) in [5.41, 5.74) is 0. The van der Waals surface area contributed by atoms with E-state index in [0.717, 1.165) is 17.5 Å². The zero-order chi connectivity index (χ0) is 9.10. The maximum absolute atomic E-state index is 4.36. The molecule has 2 nitrogen and oxygen atoms in total. The third kappa shape index (κ3) is 2.25. The topological polar surface area (TPSA) is 24.4 Å². The molecule has 1 atom stereocenters. The molecule has 0 aromatic carbocycles. The summed E-state index contributed by atoms with van der Waals surface area (Å²) in [5.74, 6) is 1.12. The Morgan fingerprint density at radius 2 is 2.54 bits per heavy atom. The van der Waals surface area contributed by atoms with Crippen LogP contribution >= 0.6 is 23.1 Å². The van der Waals surface area contributed by atoms with E-state index in [2.05, 4.69) is 34.7 Å². The smallest absolute Gasteiger partial charge is 0.157 e. The Hall–Kier alpha value is -0.480. The minimum Gasteiger partial charge on any atom is -0.358 e. The molecule has 1 unspecified atom stereocenters. The van der Waals surface area contributed by atoms with Crippen molar-refractivity contribution in [2.24, 2.45) is 4.99 Å². The van der Waals surface area contributed by atoms with Gasteiger partial charge in [-0.25, -0.2) is 0 Å². The summed E-state index contributed by atoms with van der Waals surface area (Å²) >= 11 is 3.60. The van der Waals surface area contributed by atoms with Crippen LogP contribution in [-0.4, -0.2) is 17.5 Å². The molecule has 1 aliphatic rings. The van der Waals surface area contributed by atoms with Crippen LogP contribution < -0.4 is 5.32 Å². The number of thioether (sulfide) groups is 1. The van der Waals surface area contributed by atoms with Crippen LogP contribution in [0.1, 0.15) is 17.8 Å². The number of rotatable bonds is 2. The van der Waals surface area contributed by atoms with Gasteiger partial charge in [0.05, 0.1) is 12.6 Å². The highest BCUT2D eigenvalue weighted by atomic mass is 32.2. The fraction of sp³-hybridized carbons (Fsp3) is 0.444. The quantitative estimate of drug-likeness (QED) is 0.814. The van der Waals surface area contributed by atoms with E-state index in [4.69, 9.17) is 0 Å². The van der Waals surface area contributed by atoms with E-state index in [-0.39, 0.29) is 0 Å². The van der Waals surface area contributed by atoms with Crippen molar-refractivity contribution in [3.63, 3.8) is 0 Å². The molecular weight excluding hydrogens is 200 g/mol. The second-order valence-corrected chi connectivity index (χ2v) is 4.98. The first-order valence-electron chi connectivity index (χ1n) is 4.33. The van der Waals surface area contributed by atoms with Gasteiger partial charge in [0.15, 0.2) is 5.17 Å². The second kappa shape index (κ2) is 4.15. The summed E-state index contributed by atoms with van der Waals surface area (Å²) < 4.78 is 0. The van der Waals surface area contributed by atoms with Gasteiger partial charge in [-0.3, -0.25) is 4.99 Å². The highest BCUT2D eigenvalue weighted by Gasteiger charge is 2.11. The van der Waals surface area contributed by atoms with Gasteiger partial charge in [0.2, 0.25) is 0 Å². The maximum atomic E-state index is 4.36. The van der Waals surface area contributed by atoms with Crippen LogP contribution in [0.3, 0.4) is 0 Å². The molecule has 2 rings (SSSR count). The van der Waals surface area contributed by atoms with Crippen LogP contribution in [0.2, 0.25) is 0 Å². The lowest BCUT2D eigenvalue weighted by Gasteiger charge is -2.12. The Morgan fingerprint density at radius 3 is 3.15 bits per heavy atom. The van der Waals surface area contributed by atoms with Crippen molar-refractivity contribution < 1.29 is 0 Å². The highest BCUT2D eigenvalue weighted by Crippen LogP contribution is 2.20. The van der Waals surface area contributed by atoms with Crippen molar-refractivity contribution in [3.8, 4) is 0 Å². The Balaban J connectivity index is 1.95. The van der Waals surface area contributed by atoms with Gasteiger partial charge >= 0.3 is 0 Å². The molecule has 1 aromatic rings. The fourth-order valence-electron chi connectivity index (χ4n) is 1.22. The first-order chi connectivity index (χ1) is 6.36. The van der Waals surface area contributed by atoms with Gasteiger partial charge in [0.25, 0.3) is 0 Å². The normalized spacial score (nSPS) is 18.4. The molecule has 0 saturated carbocycles. The molecule has 0 fully saturated rings. The van der Waals surface area contributed by atoms with E-state index in [0.29, 0.717) is 6.04 Å². The van der Waals surface area contributed by atoms with Crippen LogP contribution in [-0.2, 0) is 0 Å². The van der Waals surface area contributed by atoms with Crippen molar-refractivity contribution >= 4 is 28.3 Å². The summed E-state index contributed by atoms with van der Waals surface area (Å²) in [6, 6.07) is 4.63. The number of nitrogens with zero attached hydrogens (tertiary/aromatic N) is 1. The van der Waals surface area contributed by atoms with E-state index < -0.39 is 0 Å². The second-order valence-electron chi connectivity index (χ2n) is 2.92. The van der Waals surface area contributed by atoms with Crippen molar-refractivity contribution in [1.29, 1.82) is 0 Å². The average Bonchev–Trinajstić information content (AvgIpc) is 2.74. The van der Waals surface area contributed by atoms with Crippen molar-refractivity contribution in [2.45, 2.75) is 13.0 Å². The SMILES string of the molecule is CC(NC1=NCCS1)c1cccs1. The Labute approximate surface area is 86.5 Å². The van der Waals surface area contributed by atoms with E-state index in [1.54, 1.807) is 11.3 Å². The van der Waals surface area contributed by atoms with Gasteiger partial charge < -0.3 is 5.32 Å². The number of amidine groups is 1. The summed E-state index contributed by atoms with van der Waals surface area (Å²) in [6.45, 7) is 3.14. The van der Waals surface area contributed by atoms with Crippen molar-refractivity contribution in [3.05, 3.63) is 22.4 Å². The van der Waals surface area contributed by atoms with E-state index in [1.807, 2.05) is 11.8 Å². The molecule has 70 valence electrons. The minimum absolute atomic E-state index is 0.393. The predicted molar refractivity (Wildman–Crippen MR) is 60.6 cm³/mol. The average molecular weight is 212 g/mol. The molecule has 0 bridgehead atoms. The number of aliphatic imine (C=N–C) groups is 1. The van der Waals surface area contributed by atoms with Gasteiger partial charge in [-0.2, -0.15) is 0 Å². The van der Waals surface area contributed by atoms with Gasteiger partial charge in [0.1, 0.15) is 0 Å². The predicted octanol–water partition coefficient (Wildman–Crippen LogP) is 2.50. The van der Waals surface area contributed by atoms with E-state index >= 15 is 0 Å². The molecule has 1 N–H and O–H groups in total. The zero-order valence-corrected chi connectivity index (χ0v) is 9.12. The van der Waals surface area contributed by atoms with Gasteiger partial charge in [-0.15, -0.1) is 11.3 Å². The molecule has 0 aliphatic carbocycles.